The Balaban J connectivity index is 2.29. The number of hydrogen-bond donors (Lipinski definition) is 0. The molecule has 112 valence electrons. The van der Waals surface area contributed by atoms with Crippen molar-refractivity contribution in [2.75, 3.05) is 13.7 Å². The van der Waals surface area contributed by atoms with Gasteiger partial charge in [0, 0.05) is 17.1 Å². The lowest BCUT2D eigenvalue weighted by molar-refractivity contribution is 0.0527. The zero-order valence-corrected chi connectivity index (χ0v) is 14.0. The summed E-state index contributed by atoms with van der Waals surface area (Å²) in [6.07, 6.45) is 2.33. The number of rotatable bonds is 4. The Morgan fingerprint density at radius 3 is 2.71 bits per heavy atom. The Hall–Kier alpha value is -1.49. The molecule has 2 aromatic rings. The topological polar surface area (TPSA) is 40.5 Å². The molecule has 0 saturated heterocycles. The van der Waals surface area contributed by atoms with E-state index in [1.54, 1.807) is 7.11 Å². The molecule has 0 atom stereocenters. The lowest BCUT2D eigenvalue weighted by atomic mass is 10.1. The number of nitrogens with zero attached hydrogens (tertiary/aromatic N) is 1. The van der Waals surface area contributed by atoms with Gasteiger partial charge >= 0.3 is 5.97 Å². The number of benzene rings is 1. The van der Waals surface area contributed by atoms with Gasteiger partial charge in [-0.2, -0.15) is 0 Å². The Morgan fingerprint density at radius 1 is 1.43 bits per heavy atom. The van der Waals surface area contributed by atoms with Crippen molar-refractivity contribution in [1.82, 2.24) is 4.57 Å². The molecule has 1 aromatic carbocycles. The maximum absolute atomic E-state index is 12.3. The predicted molar refractivity (Wildman–Crippen MR) is 85.2 cm³/mol. The highest BCUT2D eigenvalue weighted by atomic mass is 79.9. The van der Waals surface area contributed by atoms with E-state index in [1.165, 1.54) is 0 Å². The van der Waals surface area contributed by atoms with E-state index in [1.807, 2.05) is 26.0 Å². The number of methoxy groups -OCH3 is 1. The van der Waals surface area contributed by atoms with Crippen LogP contribution in [-0.4, -0.2) is 24.3 Å². The molecular formula is C16H18BrNO3. The second-order valence-corrected chi connectivity index (χ2v) is 6.14. The van der Waals surface area contributed by atoms with Crippen LogP contribution in [0.5, 0.6) is 5.75 Å². The van der Waals surface area contributed by atoms with Crippen LogP contribution in [0, 0.1) is 6.92 Å². The highest BCUT2D eigenvalue weighted by Crippen LogP contribution is 2.43. The fraction of sp³-hybridized carbons (Fsp3) is 0.438. The summed E-state index contributed by atoms with van der Waals surface area (Å²) in [4.78, 5) is 12.3. The van der Waals surface area contributed by atoms with Gasteiger partial charge in [-0.15, -0.1) is 0 Å². The molecule has 0 amide bonds. The van der Waals surface area contributed by atoms with Gasteiger partial charge in [-0.05, 0) is 54.8 Å². The molecule has 0 spiro atoms. The summed E-state index contributed by atoms with van der Waals surface area (Å²) in [6, 6.07) is 4.44. The van der Waals surface area contributed by atoms with E-state index in [-0.39, 0.29) is 5.97 Å². The van der Waals surface area contributed by atoms with E-state index in [4.69, 9.17) is 9.47 Å². The van der Waals surface area contributed by atoms with E-state index in [9.17, 15) is 4.79 Å². The second kappa shape index (κ2) is 5.37. The number of esters is 1. The minimum atomic E-state index is -0.260. The van der Waals surface area contributed by atoms with Crippen molar-refractivity contribution in [2.24, 2.45) is 0 Å². The number of aromatic nitrogens is 1. The van der Waals surface area contributed by atoms with Crippen LogP contribution in [0.1, 0.15) is 41.9 Å². The molecule has 0 bridgehead atoms. The number of ether oxygens (including phenoxy) is 2. The lowest BCUT2D eigenvalue weighted by Gasteiger charge is -2.07. The van der Waals surface area contributed by atoms with E-state index >= 15 is 0 Å². The van der Waals surface area contributed by atoms with Crippen LogP contribution in [0.2, 0.25) is 0 Å². The number of hydrogen-bond acceptors (Lipinski definition) is 3. The first kappa shape index (κ1) is 14.4. The van der Waals surface area contributed by atoms with Gasteiger partial charge in [0.2, 0.25) is 0 Å². The maximum Gasteiger partial charge on any atom is 0.340 e. The summed E-state index contributed by atoms with van der Waals surface area (Å²) in [5.74, 6) is 0.463. The minimum Gasteiger partial charge on any atom is -0.496 e. The molecule has 1 aliphatic rings. The second-order valence-electron chi connectivity index (χ2n) is 5.29. The number of halogens is 1. The molecule has 3 rings (SSSR count). The lowest BCUT2D eigenvalue weighted by Crippen LogP contribution is -2.07. The Kier molecular flexibility index (Phi) is 3.69. The van der Waals surface area contributed by atoms with Crippen molar-refractivity contribution in [3.8, 4) is 5.75 Å². The van der Waals surface area contributed by atoms with Gasteiger partial charge in [0.25, 0.3) is 0 Å². The fourth-order valence-corrected chi connectivity index (χ4v) is 3.35. The Morgan fingerprint density at radius 2 is 2.14 bits per heavy atom. The Labute approximate surface area is 132 Å². The van der Waals surface area contributed by atoms with E-state index in [0.717, 1.165) is 39.7 Å². The number of fused-ring (bicyclic) bond motifs is 1. The fourth-order valence-electron chi connectivity index (χ4n) is 2.86. The maximum atomic E-state index is 12.3. The summed E-state index contributed by atoms with van der Waals surface area (Å²) in [5, 5.41) is 0.901. The van der Waals surface area contributed by atoms with Crippen LogP contribution in [-0.2, 0) is 4.74 Å². The van der Waals surface area contributed by atoms with Crippen molar-refractivity contribution in [1.29, 1.82) is 0 Å². The van der Waals surface area contributed by atoms with Crippen LogP contribution in [0.15, 0.2) is 16.6 Å². The molecule has 1 fully saturated rings. The van der Waals surface area contributed by atoms with Gasteiger partial charge in [-0.3, -0.25) is 0 Å². The van der Waals surface area contributed by atoms with Gasteiger partial charge in [0.05, 0.1) is 29.3 Å². The van der Waals surface area contributed by atoms with Crippen molar-refractivity contribution >= 4 is 32.8 Å². The first-order valence-corrected chi connectivity index (χ1v) is 7.92. The molecule has 1 saturated carbocycles. The van der Waals surface area contributed by atoms with Crippen LogP contribution < -0.4 is 4.74 Å². The molecule has 21 heavy (non-hydrogen) atoms. The first-order valence-electron chi connectivity index (χ1n) is 7.13. The molecule has 0 radical (unpaired) electrons. The monoisotopic (exact) mass is 351 g/mol. The molecule has 1 aliphatic carbocycles. The molecular weight excluding hydrogens is 334 g/mol. The van der Waals surface area contributed by atoms with Crippen LogP contribution in [0.4, 0.5) is 0 Å². The van der Waals surface area contributed by atoms with Gasteiger partial charge in [0.1, 0.15) is 5.75 Å². The van der Waals surface area contributed by atoms with Crippen LogP contribution >= 0.6 is 15.9 Å². The van der Waals surface area contributed by atoms with Crippen LogP contribution in [0.3, 0.4) is 0 Å². The zero-order valence-electron chi connectivity index (χ0n) is 12.4. The van der Waals surface area contributed by atoms with Gasteiger partial charge in [0.15, 0.2) is 0 Å². The third-order valence-electron chi connectivity index (χ3n) is 3.91. The van der Waals surface area contributed by atoms with Gasteiger partial charge in [-0.1, -0.05) is 0 Å². The standard InChI is InChI=1S/C16H18BrNO3/c1-4-21-16(19)15-9(2)18(10-5-6-10)13-8-12(17)14(20-3)7-11(13)15/h7-8,10H,4-6H2,1-3H3. The van der Waals surface area contributed by atoms with Crippen molar-refractivity contribution in [3.05, 3.63) is 27.9 Å². The van der Waals surface area contributed by atoms with Crippen LogP contribution in [0.25, 0.3) is 10.9 Å². The predicted octanol–water partition coefficient (Wildman–Crippen LogP) is 4.23. The average molecular weight is 352 g/mol. The molecule has 5 heteroatoms. The van der Waals surface area contributed by atoms with E-state index in [2.05, 4.69) is 20.5 Å². The molecule has 0 unspecified atom stereocenters. The normalized spacial score (nSPS) is 14.5. The molecule has 0 aliphatic heterocycles. The van der Waals surface area contributed by atoms with E-state index in [0.29, 0.717) is 18.2 Å². The minimum absolute atomic E-state index is 0.260. The van der Waals surface area contributed by atoms with E-state index < -0.39 is 0 Å². The quantitative estimate of drug-likeness (QED) is 0.773. The summed E-state index contributed by atoms with van der Waals surface area (Å²) < 4.78 is 13.7. The molecule has 4 nitrogen and oxygen atoms in total. The highest BCUT2D eigenvalue weighted by molar-refractivity contribution is 9.10. The third-order valence-corrected chi connectivity index (χ3v) is 4.53. The summed E-state index contributed by atoms with van der Waals surface area (Å²) in [6.45, 7) is 4.19. The highest BCUT2D eigenvalue weighted by Gasteiger charge is 2.31. The number of carbonyl (C=O) groups is 1. The van der Waals surface area contributed by atoms with Gasteiger partial charge in [-0.25, -0.2) is 4.79 Å². The largest absolute Gasteiger partial charge is 0.496 e. The van der Waals surface area contributed by atoms with Gasteiger partial charge < -0.3 is 14.0 Å². The molecule has 1 aromatic heterocycles. The summed E-state index contributed by atoms with van der Waals surface area (Å²) in [7, 11) is 1.63. The Bertz CT molecular complexity index is 716. The van der Waals surface area contributed by atoms with Crippen molar-refractivity contribution in [3.63, 3.8) is 0 Å². The first-order chi connectivity index (χ1) is 10.1. The number of carbonyl (C=O) groups excluding carboxylic acids is 1. The zero-order chi connectivity index (χ0) is 15.1. The summed E-state index contributed by atoms with van der Waals surface area (Å²) in [5.41, 5.74) is 2.70. The average Bonchev–Trinajstić information content (AvgIpc) is 3.22. The van der Waals surface area contributed by atoms with Crippen molar-refractivity contribution < 1.29 is 14.3 Å². The van der Waals surface area contributed by atoms with Crippen molar-refractivity contribution in [2.45, 2.75) is 32.7 Å². The molecule has 1 heterocycles. The smallest absolute Gasteiger partial charge is 0.340 e. The summed E-state index contributed by atoms with van der Waals surface area (Å²) >= 11 is 3.53. The SMILES string of the molecule is CCOC(=O)c1c(C)n(C2CC2)c2cc(Br)c(OC)cc12. The molecule has 0 N–H and O–H groups in total. The third kappa shape index (κ3) is 2.33.